The molecule has 3 aromatic rings. The van der Waals surface area contributed by atoms with E-state index in [1.165, 1.54) is 16.7 Å². The largest absolute Gasteiger partial charge is 0.508 e. The summed E-state index contributed by atoms with van der Waals surface area (Å²) in [4.78, 5) is 7.21. The van der Waals surface area contributed by atoms with E-state index in [1.807, 2.05) is 18.2 Å². The van der Waals surface area contributed by atoms with Crippen molar-refractivity contribution < 1.29 is 5.11 Å². The molecule has 0 bridgehead atoms. The predicted molar refractivity (Wildman–Crippen MR) is 104 cm³/mol. The fraction of sp³-hybridized carbons (Fsp3) is 0.190. The highest BCUT2D eigenvalue weighted by Crippen LogP contribution is 2.27. The first-order chi connectivity index (χ1) is 12.3. The van der Waals surface area contributed by atoms with Crippen molar-refractivity contribution in [3.63, 3.8) is 0 Å². The van der Waals surface area contributed by atoms with Gasteiger partial charge in [0.15, 0.2) is 0 Å². The minimum atomic E-state index is 0.319. The van der Waals surface area contributed by atoms with Crippen molar-refractivity contribution in [2.24, 2.45) is 0 Å². The molecule has 1 aliphatic rings. The number of hydrogen-bond donors (Lipinski definition) is 1. The molecular weight excluding hydrogens is 328 g/mol. The molecule has 0 unspecified atom stereocenters. The Bertz CT molecular complexity index is 868. The Labute approximate surface area is 151 Å². The molecule has 0 saturated heterocycles. The lowest BCUT2D eigenvalue weighted by atomic mass is 9.99. The maximum absolute atomic E-state index is 9.41. The first-order valence-corrected chi connectivity index (χ1v) is 9.36. The molecule has 0 radical (unpaired) electrons. The van der Waals surface area contributed by atoms with Crippen molar-refractivity contribution >= 4 is 16.9 Å². The molecule has 1 aromatic heterocycles. The van der Waals surface area contributed by atoms with Crippen LogP contribution in [0.3, 0.4) is 0 Å². The van der Waals surface area contributed by atoms with E-state index in [2.05, 4.69) is 40.6 Å². The normalized spacial score (nSPS) is 15.1. The van der Waals surface area contributed by atoms with E-state index in [4.69, 9.17) is 4.98 Å². The minimum Gasteiger partial charge on any atom is -0.508 e. The molecule has 25 heavy (non-hydrogen) atoms. The van der Waals surface area contributed by atoms with Crippen molar-refractivity contribution in [1.29, 1.82) is 0 Å². The summed E-state index contributed by atoms with van der Waals surface area (Å²) in [7, 11) is 0. The smallest absolute Gasteiger partial charge is 0.123 e. The highest BCUT2D eigenvalue weighted by molar-refractivity contribution is 7.13. The van der Waals surface area contributed by atoms with Crippen molar-refractivity contribution in [3.05, 3.63) is 77.3 Å². The van der Waals surface area contributed by atoms with E-state index < -0.39 is 0 Å². The number of thiazole rings is 1. The minimum absolute atomic E-state index is 0.319. The lowest BCUT2D eigenvalue weighted by Gasteiger charge is -2.25. The van der Waals surface area contributed by atoms with Gasteiger partial charge in [0.05, 0.1) is 5.69 Å². The Hall–Kier alpha value is -2.43. The van der Waals surface area contributed by atoms with E-state index in [0.29, 0.717) is 5.75 Å². The third-order valence-corrected chi connectivity index (χ3v) is 5.43. The molecule has 4 rings (SSSR count). The van der Waals surface area contributed by atoms with Gasteiger partial charge in [-0.1, -0.05) is 48.5 Å². The van der Waals surface area contributed by atoms with Crippen LogP contribution < -0.4 is 0 Å². The van der Waals surface area contributed by atoms with Gasteiger partial charge in [-0.25, -0.2) is 4.98 Å². The highest BCUT2D eigenvalue weighted by Gasteiger charge is 2.15. The molecule has 2 heterocycles. The maximum atomic E-state index is 9.41. The van der Waals surface area contributed by atoms with Gasteiger partial charge in [-0.15, -0.1) is 11.3 Å². The summed E-state index contributed by atoms with van der Waals surface area (Å²) in [6.45, 7) is 2.86. The summed E-state index contributed by atoms with van der Waals surface area (Å²) in [6.07, 6.45) is 3.32. The van der Waals surface area contributed by atoms with Gasteiger partial charge in [-0.3, -0.25) is 4.90 Å². The second-order valence-electron chi connectivity index (χ2n) is 6.27. The van der Waals surface area contributed by atoms with Crippen molar-refractivity contribution in [2.45, 2.75) is 13.0 Å². The standard InChI is InChI=1S/C21H20N2OS/c24-20-8-6-16(7-9-20)17-10-12-23(13-11-17)14-19-15-25-21(22-19)18-4-2-1-3-5-18/h1-10,15,24H,11-14H2. The zero-order chi connectivity index (χ0) is 17.1. The number of phenols is 1. The molecule has 1 N–H and O–H groups in total. The summed E-state index contributed by atoms with van der Waals surface area (Å²) >= 11 is 1.71. The Morgan fingerprint density at radius 1 is 1.00 bits per heavy atom. The van der Waals surface area contributed by atoms with Crippen LogP contribution in [0.5, 0.6) is 5.75 Å². The second-order valence-corrected chi connectivity index (χ2v) is 7.13. The number of hydrogen-bond acceptors (Lipinski definition) is 4. The van der Waals surface area contributed by atoms with Crippen LogP contribution in [0.1, 0.15) is 17.7 Å². The average molecular weight is 348 g/mol. The summed E-state index contributed by atoms with van der Waals surface area (Å²) in [5.74, 6) is 0.319. The third-order valence-electron chi connectivity index (χ3n) is 4.49. The van der Waals surface area contributed by atoms with E-state index >= 15 is 0 Å². The van der Waals surface area contributed by atoms with Crippen molar-refractivity contribution in [1.82, 2.24) is 9.88 Å². The quantitative estimate of drug-likeness (QED) is 0.735. The first-order valence-electron chi connectivity index (χ1n) is 8.48. The maximum Gasteiger partial charge on any atom is 0.123 e. The Morgan fingerprint density at radius 3 is 2.52 bits per heavy atom. The molecule has 0 spiro atoms. The monoisotopic (exact) mass is 348 g/mol. The number of rotatable bonds is 4. The molecule has 3 nitrogen and oxygen atoms in total. The highest BCUT2D eigenvalue weighted by atomic mass is 32.1. The van der Waals surface area contributed by atoms with Gasteiger partial charge < -0.3 is 5.11 Å². The van der Waals surface area contributed by atoms with Crippen LogP contribution in [0.2, 0.25) is 0 Å². The number of benzene rings is 2. The number of aromatic hydroxyl groups is 1. The average Bonchev–Trinajstić information content (AvgIpc) is 3.12. The third kappa shape index (κ3) is 3.81. The van der Waals surface area contributed by atoms with Crippen LogP contribution in [0.4, 0.5) is 0 Å². The van der Waals surface area contributed by atoms with Gasteiger partial charge in [-0.05, 0) is 29.7 Å². The molecule has 0 atom stereocenters. The zero-order valence-corrected chi connectivity index (χ0v) is 14.7. The van der Waals surface area contributed by atoms with Gasteiger partial charge in [0.25, 0.3) is 0 Å². The van der Waals surface area contributed by atoms with Crippen LogP contribution in [-0.4, -0.2) is 28.1 Å². The van der Waals surface area contributed by atoms with Gasteiger partial charge in [-0.2, -0.15) is 0 Å². The van der Waals surface area contributed by atoms with Gasteiger partial charge >= 0.3 is 0 Å². The molecule has 126 valence electrons. The van der Waals surface area contributed by atoms with Gasteiger partial charge in [0, 0.05) is 30.6 Å². The zero-order valence-electron chi connectivity index (χ0n) is 13.9. The molecule has 2 aromatic carbocycles. The number of phenolic OH excluding ortho intramolecular Hbond substituents is 1. The topological polar surface area (TPSA) is 36.4 Å². The fourth-order valence-electron chi connectivity index (χ4n) is 3.11. The molecule has 0 saturated carbocycles. The molecule has 0 fully saturated rings. The van der Waals surface area contributed by atoms with E-state index in [-0.39, 0.29) is 0 Å². The van der Waals surface area contributed by atoms with Crippen LogP contribution >= 0.6 is 11.3 Å². The Kier molecular flexibility index (Phi) is 4.63. The molecular formula is C21H20N2OS. The molecule has 4 heteroatoms. The lowest BCUT2D eigenvalue weighted by molar-refractivity contribution is 0.291. The summed E-state index contributed by atoms with van der Waals surface area (Å²) in [5, 5.41) is 12.7. The molecule has 0 aliphatic carbocycles. The Balaban J connectivity index is 1.40. The lowest BCUT2D eigenvalue weighted by Crippen LogP contribution is -2.28. The predicted octanol–water partition coefficient (Wildman–Crippen LogP) is 4.81. The first kappa shape index (κ1) is 16.1. The van der Waals surface area contributed by atoms with E-state index in [0.717, 1.165) is 36.8 Å². The fourth-order valence-corrected chi connectivity index (χ4v) is 3.93. The van der Waals surface area contributed by atoms with E-state index in [1.54, 1.807) is 23.5 Å². The van der Waals surface area contributed by atoms with Crippen LogP contribution in [-0.2, 0) is 6.54 Å². The van der Waals surface area contributed by atoms with Crippen LogP contribution in [0.15, 0.2) is 66.1 Å². The Morgan fingerprint density at radius 2 is 1.80 bits per heavy atom. The van der Waals surface area contributed by atoms with E-state index in [9.17, 15) is 5.11 Å². The van der Waals surface area contributed by atoms with Crippen molar-refractivity contribution in [2.75, 3.05) is 13.1 Å². The van der Waals surface area contributed by atoms with Crippen molar-refractivity contribution in [3.8, 4) is 16.3 Å². The van der Waals surface area contributed by atoms with Crippen LogP contribution in [0.25, 0.3) is 16.1 Å². The summed E-state index contributed by atoms with van der Waals surface area (Å²) in [6, 6.07) is 17.8. The molecule has 0 amide bonds. The molecule has 1 aliphatic heterocycles. The van der Waals surface area contributed by atoms with Gasteiger partial charge in [0.1, 0.15) is 10.8 Å². The number of nitrogens with zero attached hydrogens (tertiary/aromatic N) is 2. The summed E-state index contributed by atoms with van der Waals surface area (Å²) in [5.41, 5.74) is 4.90. The summed E-state index contributed by atoms with van der Waals surface area (Å²) < 4.78 is 0. The van der Waals surface area contributed by atoms with Crippen LogP contribution in [0, 0.1) is 0 Å². The van der Waals surface area contributed by atoms with Gasteiger partial charge in [0.2, 0.25) is 0 Å². The number of aromatic nitrogens is 1. The second kappa shape index (κ2) is 7.21. The SMILES string of the molecule is Oc1ccc(C2=CCN(Cc3csc(-c4ccccc4)n3)CC2)cc1.